The minimum atomic E-state index is -0.192. The maximum absolute atomic E-state index is 9.61. The minimum absolute atomic E-state index is 0.164. The van der Waals surface area contributed by atoms with Crippen LogP contribution in [0.15, 0.2) is 6.20 Å². The first-order valence-electron chi connectivity index (χ1n) is 5.74. The van der Waals surface area contributed by atoms with E-state index in [0.29, 0.717) is 10.9 Å². The van der Waals surface area contributed by atoms with Gasteiger partial charge in [0.15, 0.2) is 5.13 Å². The van der Waals surface area contributed by atoms with Gasteiger partial charge < -0.3 is 16.2 Å². The summed E-state index contributed by atoms with van der Waals surface area (Å²) in [7, 11) is 0. The second-order valence-electron chi connectivity index (χ2n) is 4.83. The molecular formula is C11H19N3OS. The molecule has 0 saturated heterocycles. The molecule has 1 aliphatic rings. The molecule has 1 aromatic rings. The highest BCUT2D eigenvalue weighted by Crippen LogP contribution is 2.35. The summed E-state index contributed by atoms with van der Waals surface area (Å²) in [5.41, 5.74) is 5.46. The maximum atomic E-state index is 9.61. The number of nitrogens with one attached hydrogen (secondary N) is 1. The van der Waals surface area contributed by atoms with Crippen LogP contribution in [0.4, 0.5) is 10.1 Å². The van der Waals surface area contributed by atoms with Crippen LogP contribution in [0.25, 0.3) is 0 Å². The third-order valence-corrected chi connectivity index (χ3v) is 4.03. The molecule has 0 radical (unpaired) electrons. The molecule has 0 bridgehead atoms. The molecule has 0 aliphatic heterocycles. The number of aromatic nitrogens is 1. The number of hydrogen-bond donors (Lipinski definition) is 3. The van der Waals surface area contributed by atoms with E-state index in [9.17, 15) is 5.11 Å². The van der Waals surface area contributed by atoms with Crippen LogP contribution in [0, 0.1) is 5.92 Å². The number of nitrogens with two attached hydrogens (primary N) is 1. The fourth-order valence-corrected chi connectivity index (χ4v) is 3.23. The predicted molar refractivity (Wildman–Crippen MR) is 67.6 cm³/mol. The zero-order valence-electron chi connectivity index (χ0n) is 9.57. The zero-order valence-corrected chi connectivity index (χ0v) is 10.4. The van der Waals surface area contributed by atoms with Crippen molar-refractivity contribution in [2.75, 3.05) is 17.7 Å². The van der Waals surface area contributed by atoms with Crippen molar-refractivity contribution in [3.8, 4) is 0 Å². The summed E-state index contributed by atoms with van der Waals surface area (Å²) in [6.07, 6.45) is 6.08. The Hall–Kier alpha value is -0.810. The first-order chi connectivity index (χ1) is 7.63. The molecule has 1 aromatic heterocycles. The first-order valence-corrected chi connectivity index (χ1v) is 6.55. The fourth-order valence-electron chi connectivity index (χ4n) is 2.53. The second kappa shape index (κ2) is 4.59. The Bertz CT molecular complexity index is 355. The zero-order chi connectivity index (χ0) is 11.6. The number of nitrogens with zero attached hydrogens (tertiary/aromatic N) is 1. The van der Waals surface area contributed by atoms with Crippen molar-refractivity contribution in [3.63, 3.8) is 0 Å². The van der Waals surface area contributed by atoms with E-state index >= 15 is 0 Å². The van der Waals surface area contributed by atoms with E-state index in [-0.39, 0.29) is 12.1 Å². The van der Waals surface area contributed by atoms with Gasteiger partial charge in [0, 0.05) is 0 Å². The second-order valence-corrected chi connectivity index (χ2v) is 5.89. The van der Waals surface area contributed by atoms with Gasteiger partial charge in [-0.05, 0) is 18.8 Å². The van der Waals surface area contributed by atoms with Gasteiger partial charge in [-0.1, -0.05) is 31.1 Å². The standard InChI is InChI=1S/C11H19N3OS/c1-8-3-2-4-11(5-8,7-15)14-10-13-6-9(12)16-10/h6,8,15H,2-5,7,12H2,1H3,(H,13,14). The van der Waals surface area contributed by atoms with Crippen LogP contribution in [0.1, 0.15) is 32.6 Å². The van der Waals surface area contributed by atoms with E-state index in [2.05, 4.69) is 17.2 Å². The summed E-state index contributed by atoms with van der Waals surface area (Å²) in [6.45, 7) is 2.40. The van der Waals surface area contributed by atoms with Gasteiger partial charge in [-0.25, -0.2) is 4.98 Å². The first kappa shape index (κ1) is 11.7. The number of thiazole rings is 1. The Morgan fingerprint density at radius 1 is 1.75 bits per heavy atom. The lowest BCUT2D eigenvalue weighted by molar-refractivity contribution is 0.149. The molecule has 2 rings (SSSR count). The smallest absolute Gasteiger partial charge is 0.185 e. The Morgan fingerprint density at radius 2 is 2.56 bits per heavy atom. The van der Waals surface area contributed by atoms with Gasteiger partial charge in [-0.15, -0.1) is 0 Å². The number of rotatable bonds is 3. The monoisotopic (exact) mass is 241 g/mol. The summed E-state index contributed by atoms with van der Waals surface area (Å²) < 4.78 is 0. The third kappa shape index (κ3) is 2.47. The van der Waals surface area contributed by atoms with Crippen LogP contribution < -0.4 is 11.1 Å². The topological polar surface area (TPSA) is 71.2 Å². The SMILES string of the molecule is CC1CCCC(CO)(Nc2ncc(N)s2)C1. The number of anilines is 2. The Labute approximate surface area is 99.9 Å². The minimum Gasteiger partial charge on any atom is -0.394 e. The molecule has 1 fully saturated rings. The van der Waals surface area contributed by atoms with Gasteiger partial charge in [-0.3, -0.25) is 0 Å². The van der Waals surface area contributed by atoms with Gasteiger partial charge in [0.1, 0.15) is 5.00 Å². The largest absolute Gasteiger partial charge is 0.394 e. The number of hydrogen-bond acceptors (Lipinski definition) is 5. The van der Waals surface area contributed by atoms with Gasteiger partial charge in [0.2, 0.25) is 0 Å². The molecule has 1 heterocycles. The van der Waals surface area contributed by atoms with Crippen LogP contribution in [0.5, 0.6) is 0 Å². The van der Waals surface area contributed by atoms with Crippen molar-refractivity contribution in [2.45, 2.75) is 38.1 Å². The molecule has 2 unspecified atom stereocenters. The highest BCUT2D eigenvalue weighted by Gasteiger charge is 2.34. The number of aliphatic hydroxyl groups excluding tert-OH is 1. The number of nitrogen functional groups attached to an aromatic ring is 1. The molecule has 1 aliphatic carbocycles. The van der Waals surface area contributed by atoms with E-state index in [1.165, 1.54) is 17.8 Å². The summed E-state index contributed by atoms with van der Waals surface area (Å²) in [5.74, 6) is 0.658. The van der Waals surface area contributed by atoms with Crippen LogP contribution in [-0.4, -0.2) is 22.2 Å². The van der Waals surface area contributed by atoms with Crippen LogP contribution in [0.3, 0.4) is 0 Å². The summed E-state index contributed by atoms with van der Waals surface area (Å²) in [5, 5.41) is 14.5. The van der Waals surface area contributed by atoms with Crippen molar-refractivity contribution in [1.82, 2.24) is 4.98 Å². The van der Waals surface area contributed by atoms with E-state index in [1.54, 1.807) is 6.20 Å². The summed E-state index contributed by atoms with van der Waals surface area (Å²) in [4.78, 5) is 4.20. The van der Waals surface area contributed by atoms with Crippen LogP contribution >= 0.6 is 11.3 Å². The molecular weight excluding hydrogens is 222 g/mol. The lowest BCUT2D eigenvalue weighted by atomic mass is 9.77. The van der Waals surface area contributed by atoms with Crippen molar-refractivity contribution < 1.29 is 5.11 Å². The van der Waals surface area contributed by atoms with Crippen molar-refractivity contribution in [1.29, 1.82) is 0 Å². The molecule has 4 nitrogen and oxygen atoms in total. The molecule has 0 spiro atoms. The average Bonchev–Trinajstić information content (AvgIpc) is 2.64. The molecule has 90 valence electrons. The molecule has 1 saturated carbocycles. The highest BCUT2D eigenvalue weighted by atomic mass is 32.1. The van der Waals surface area contributed by atoms with E-state index < -0.39 is 0 Å². The third-order valence-electron chi connectivity index (χ3n) is 3.29. The van der Waals surface area contributed by atoms with Crippen molar-refractivity contribution in [3.05, 3.63) is 6.20 Å². The lowest BCUT2D eigenvalue weighted by Crippen LogP contribution is -2.45. The maximum Gasteiger partial charge on any atom is 0.185 e. The molecule has 5 heteroatoms. The molecule has 0 amide bonds. The predicted octanol–water partition coefficient (Wildman–Crippen LogP) is 2.08. The van der Waals surface area contributed by atoms with E-state index in [1.807, 2.05) is 0 Å². The Kier molecular flexibility index (Phi) is 3.35. The van der Waals surface area contributed by atoms with E-state index in [0.717, 1.165) is 24.4 Å². The quantitative estimate of drug-likeness (QED) is 0.757. The van der Waals surface area contributed by atoms with Crippen LogP contribution in [-0.2, 0) is 0 Å². The van der Waals surface area contributed by atoms with Gasteiger partial charge in [0.25, 0.3) is 0 Å². The lowest BCUT2D eigenvalue weighted by Gasteiger charge is -2.39. The molecule has 2 atom stereocenters. The van der Waals surface area contributed by atoms with E-state index in [4.69, 9.17) is 5.73 Å². The Balaban J connectivity index is 2.09. The molecule has 16 heavy (non-hydrogen) atoms. The average molecular weight is 241 g/mol. The van der Waals surface area contributed by atoms with Crippen molar-refractivity contribution in [2.24, 2.45) is 5.92 Å². The van der Waals surface area contributed by atoms with Gasteiger partial charge in [0.05, 0.1) is 18.3 Å². The van der Waals surface area contributed by atoms with Gasteiger partial charge in [-0.2, -0.15) is 0 Å². The molecule has 0 aromatic carbocycles. The normalized spacial score (nSPS) is 30.2. The Morgan fingerprint density at radius 3 is 3.12 bits per heavy atom. The summed E-state index contributed by atoms with van der Waals surface area (Å²) in [6, 6.07) is 0. The number of aliphatic hydroxyl groups is 1. The van der Waals surface area contributed by atoms with Crippen molar-refractivity contribution >= 4 is 21.5 Å². The fraction of sp³-hybridized carbons (Fsp3) is 0.727. The molecule has 4 N–H and O–H groups in total. The summed E-state index contributed by atoms with van der Waals surface area (Å²) >= 11 is 1.44. The highest BCUT2D eigenvalue weighted by molar-refractivity contribution is 7.19. The van der Waals surface area contributed by atoms with Gasteiger partial charge >= 0.3 is 0 Å². The van der Waals surface area contributed by atoms with Crippen LogP contribution in [0.2, 0.25) is 0 Å².